The van der Waals surface area contributed by atoms with Crippen molar-refractivity contribution in [3.63, 3.8) is 0 Å². The smallest absolute Gasteiger partial charge is 0.266 e. The van der Waals surface area contributed by atoms with Gasteiger partial charge in [0, 0.05) is 13.2 Å². The van der Waals surface area contributed by atoms with Crippen LogP contribution in [0.1, 0.15) is 0 Å². The maximum atomic E-state index is 10.7. The molecule has 2 rings (SSSR count). The van der Waals surface area contributed by atoms with Crippen molar-refractivity contribution < 1.29 is 4.92 Å². The highest BCUT2D eigenvalue weighted by atomic mass is 79.9. The zero-order valence-electron chi connectivity index (χ0n) is 7.66. The minimum atomic E-state index is -0.488. The molecule has 8 heteroatoms. The number of halogens is 1. The predicted octanol–water partition coefficient (Wildman–Crippen LogP) is 1.28. The van der Waals surface area contributed by atoms with Gasteiger partial charge < -0.3 is 0 Å². The van der Waals surface area contributed by atoms with Crippen LogP contribution in [0.15, 0.2) is 23.1 Å². The van der Waals surface area contributed by atoms with E-state index in [1.54, 1.807) is 19.3 Å². The van der Waals surface area contributed by atoms with Gasteiger partial charge in [-0.25, -0.2) is 4.68 Å². The first-order valence-electron chi connectivity index (χ1n) is 3.97. The summed E-state index contributed by atoms with van der Waals surface area (Å²) >= 11 is 3.16. The molecule has 0 N–H and O–H groups in total. The molecular weight excluding hydrogens is 266 g/mol. The van der Waals surface area contributed by atoms with Gasteiger partial charge in [0.25, 0.3) is 5.82 Å². The molecule has 0 aliphatic carbocycles. The lowest BCUT2D eigenvalue weighted by atomic mass is 10.5. The molecule has 0 spiro atoms. The Morgan fingerprint density at radius 1 is 1.53 bits per heavy atom. The van der Waals surface area contributed by atoms with Crippen LogP contribution in [0.25, 0.3) is 5.82 Å². The summed E-state index contributed by atoms with van der Waals surface area (Å²) in [6.07, 6.45) is 2.93. The van der Waals surface area contributed by atoms with Crippen molar-refractivity contribution >= 4 is 21.6 Å². The third-order valence-electron chi connectivity index (χ3n) is 1.76. The Labute approximate surface area is 92.6 Å². The van der Waals surface area contributed by atoms with Crippen LogP contribution in [-0.2, 0) is 7.05 Å². The van der Waals surface area contributed by atoms with Gasteiger partial charge in [-0.3, -0.25) is 14.8 Å². The largest absolute Gasteiger partial charge is 0.333 e. The first-order valence-corrected chi connectivity index (χ1v) is 4.77. The molecule has 0 aromatic carbocycles. The maximum absolute atomic E-state index is 10.7. The molecule has 0 aliphatic rings. The van der Waals surface area contributed by atoms with Crippen molar-refractivity contribution in [1.29, 1.82) is 0 Å². The molecular formula is C7H6BrN5O2. The topological polar surface area (TPSA) is 78.8 Å². The van der Waals surface area contributed by atoms with E-state index in [2.05, 4.69) is 26.1 Å². The number of aromatic nitrogens is 4. The first kappa shape index (κ1) is 9.84. The third-order valence-corrected chi connectivity index (χ3v) is 2.18. The van der Waals surface area contributed by atoms with Crippen molar-refractivity contribution in [2.45, 2.75) is 0 Å². The summed E-state index contributed by atoms with van der Waals surface area (Å²) in [4.78, 5) is 10.2. The number of nitro groups is 1. The molecule has 15 heavy (non-hydrogen) atoms. The zero-order chi connectivity index (χ0) is 11.0. The van der Waals surface area contributed by atoms with Crippen molar-refractivity contribution in [1.82, 2.24) is 19.6 Å². The van der Waals surface area contributed by atoms with E-state index in [0.717, 1.165) is 0 Å². The Hall–Kier alpha value is -1.70. The van der Waals surface area contributed by atoms with Crippen molar-refractivity contribution in [3.05, 3.63) is 33.2 Å². The number of nitrogens with zero attached hydrogens (tertiary/aromatic N) is 5. The summed E-state index contributed by atoms with van der Waals surface area (Å²) in [5.74, 6) is 0.202. The summed E-state index contributed by atoms with van der Waals surface area (Å²) in [7, 11) is 1.62. The normalized spacial score (nSPS) is 10.5. The van der Waals surface area contributed by atoms with Crippen LogP contribution in [0.4, 0.5) is 5.69 Å². The van der Waals surface area contributed by atoms with Crippen LogP contribution in [-0.4, -0.2) is 24.5 Å². The molecule has 78 valence electrons. The lowest BCUT2D eigenvalue weighted by molar-refractivity contribution is -0.384. The molecule has 0 bridgehead atoms. The Kier molecular flexibility index (Phi) is 2.27. The van der Waals surface area contributed by atoms with Gasteiger partial charge in [0.1, 0.15) is 10.8 Å². The van der Waals surface area contributed by atoms with E-state index >= 15 is 0 Å². The van der Waals surface area contributed by atoms with Gasteiger partial charge in [0.15, 0.2) is 0 Å². The molecule has 0 radical (unpaired) electrons. The van der Waals surface area contributed by atoms with E-state index in [9.17, 15) is 10.1 Å². The zero-order valence-corrected chi connectivity index (χ0v) is 9.25. The Morgan fingerprint density at radius 3 is 2.80 bits per heavy atom. The molecule has 0 unspecified atom stereocenters. The quantitative estimate of drug-likeness (QED) is 0.609. The van der Waals surface area contributed by atoms with Crippen molar-refractivity contribution in [3.8, 4) is 5.82 Å². The van der Waals surface area contributed by atoms with Crippen LogP contribution >= 0.6 is 15.9 Å². The predicted molar refractivity (Wildman–Crippen MR) is 54.7 cm³/mol. The Balaban J connectivity index is 2.56. The minimum absolute atomic E-state index is 0.0758. The second-order valence-corrected chi connectivity index (χ2v) is 3.66. The number of aryl methyl sites for hydroxylation is 1. The van der Waals surface area contributed by atoms with Gasteiger partial charge in [0.05, 0.1) is 4.92 Å². The molecule has 0 saturated heterocycles. The second-order valence-electron chi connectivity index (χ2n) is 2.85. The van der Waals surface area contributed by atoms with Gasteiger partial charge >= 0.3 is 5.69 Å². The monoisotopic (exact) mass is 271 g/mol. The fraction of sp³-hybridized carbons (Fsp3) is 0.143. The standard InChI is InChI=1S/C7H6BrN5O2/c1-11-4-5(13(14)15)7(10-11)12-3-2-6(8)9-12/h2-4H,1H3. The van der Waals surface area contributed by atoms with E-state index in [4.69, 9.17) is 0 Å². The van der Waals surface area contributed by atoms with E-state index in [-0.39, 0.29) is 11.5 Å². The Morgan fingerprint density at radius 2 is 2.27 bits per heavy atom. The Bertz CT molecular complexity index is 517. The lowest BCUT2D eigenvalue weighted by Gasteiger charge is -1.93. The molecule has 0 atom stereocenters. The van der Waals surface area contributed by atoms with Crippen molar-refractivity contribution in [2.75, 3.05) is 0 Å². The highest BCUT2D eigenvalue weighted by molar-refractivity contribution is 9.10. The van der Waals surface area contributed by atoms with Crippen LogP contribution < -0.4 is 0 Å². The van der Waals surface area contributed by atoms with Crippen LogP contribution in [0, 0.1) is 10.1 Å². The molecule has 0 aliphatic heterocycles. The van der Waals surface area contributed by atoms with Crippen LogP contribution in [0.3, 0.4) is 0 Å². The van der Waals surface area contributed by atoms with E-state index < -0.39 is 4.92 Å². The van der Waals surface area contributed by atoms with E-state index in [0.29, 0.717) is 4.60 Å². The number of hydrogen-bond acceptors (Lipinski definition) is 4. The minimum Gasteiger partial charge on any atom is -0.266 e. The van der Waals surface area contributed by atoms with E-state index in [1.807, 2.05) is 0 Å². The molecule has 2 aromatic rings. The molecule has 7 nitrogen and oxygen atoms in total. The summed E-state index contributed by atoms with van der Waals surface area (Å²) in [6, 6.07) is 1.68. The number of rotatable bonds is 2. The average molecular weight is 272 g/mol. The van der Waals surface area contributed by atoms with Gasteiger partial charge in [-0.1, -0.05) is 0 Å². The molecule has 0 fully saturated rings. The SMILES string of the molecule is Cn1cc([N+](=O)[O-])c(-n2ccc(Br)n2)n1. The summed E-state index contributed by atoms with van der Waals surface area (Å²) in [6.45, 7) is 0. The highest BCUT2D eigenvalue weighted by Crippen LogP contribution is 2.20. The average Bonchev–Trinajstić information content (AvgIpc) is 2.71. The van der Waals surface area contributed by atoms with Crippen LogP contribution in [0.2, 0.25) is 0 Å². The fourth-order valence-corrected chi connectivity index (χ4v) is 1.46. The van der Waals surface area contributed by atoms with Crippen molar-refractivity contribution in [2.24, 2.45) is 7.05 Å². The van der Waals surface area contributed by atoms with Crippen LogP contribution in [0.5, 0.6) is 0 Å². The summed E-state index contributed by atoms with van der Waals surface area (Å²) < 4.78 is 3.33. The summed E-state index contributed by atoms with van der Waals surface area (Å²) in [5.41, 5.74) is -0.0758. The van der Waals surface area contributed by atoms with Gasteiger partial charge in [0.2, 0.25) is 0 Å². The summed E-state index contributed by atoms with van der Waals surface area (Å²) in [5, 5.41) is 18.7. The van der Waals surface area contributed by atoms with Gasteiger partial charge in [-0.05, 0) is 22.0 Å². The van der Waals surface area contributed by atoms with Gasteiger partial charge in [-0.15, -0.1) is 5.10 Å². The second kappa shape index (κ2) is 3.46. The maximum Gasteiger partial charge on any atom is 0.333 e. The fourth-order valence-electron chi connectivity index (χ4n) is 1.18. The molecule has 0 saturated carbocycles. The van der Waals surface area contributed by atoms with E-state index in [1.165, 1.54) is 15.6 Å². The van der Waals surface area contributed by atoms with Gasteiger partial charge in [-0.2, -0.15) is 5.10 Å². The highest BCUT2D eigenvalue weighted by Gasteiger charge is 2.20. The third kappa shape index (κ3) is 1.75. The molecule has 2 aromatic heterocycles. The molecule has 2 heterocycles. The lowest BCUT2D eigenvalue weighted by Crippen LogP contribution is -2.00. The molecule has 0 amide bonds. The first-order chi connectivity index (χ1) is 7.08. The number of hydrogen-bond donors (Lipinski definition) is 0.